The number of methoxy groups -OCH3 is 1. The summed E-state index contributed by atoms with van der Waals surface area (Å²) < 4.78 is 31.7. The smallest absolute Gasteiger partial charge is 0.262 e. The fraction of sp³-hybridized carbons (Fsp3) is 0.0833. The highest BCUT2D eigenvalue weighted by Crippen LogP contribution is 2.20. The molecule has 0 spiro atoms. The number of hydrogen-bond donors (Lipinski definition) is 2. The largest absolute Gasteiger partial charge is 0.497 e. The molecule has 1 aromatic heterocycles. The third-order valence-corrected chi connectivity index (χ3v) is 3.77. The van der Waals surface area contributed by atoms with Crippen molar-refractivity contribution in [1.82, 2.24) is 4.98 Å². The number of ether oxygens (including phenoxy) is 1. The van der Waals surface area contributed by atoms with E-state index >= 15 is 0 Å². The molecule has 0 saturated heterocycles. The van der Waals surface area contributed by atoms with Crippen LogP contribution >= 0.6 is 0 Å². The lowest BCUT2D eigenvalue weighted by molar-refractivity contribution is 0.413. The zero-order valence-electron chi connectivity index (χ0n) is 10.2. The zero-order chi connectivity index (χ0) is 13.9. The summed E-state index contributed by atoms with van der Waals surface area (Å²) >= 11 is 0. The Labute approximate surface area is 111 Å². The first-order valence-corrected chi connectivity index (χ1v) is 6.88. The Morgan fingerprint density at radius 1 is 1.26 bits per heavy atom. The lowest BCUT2D eigenvalue weighted by Crippen LogP contribution is -2.13. The zero-order valence-corrected chi connectivity index (χ0v) is 11.0. The van der Waals surface area contributed by atoms with Gasteiger partial charge in [-0.25, -0.2) is 13.4 Å². The van der Waals surface area contributed by atoms with E-state index in [1.807, 2.05) is 0 Å². The van der Waals surface area contributed by atoms with Gasteiger partial charge < -0.3 is 10.5 Å². The fourth-order valence-electron chi connectivity index (χ4n) is 1.45. The molecule has 0 aliphatic carbocycles. The van der Waals surface area contributed by atoms with Crippen LogP contribution in [0, 0.1) is 0 Å². The van der Waals surface area contributed by atoms with E-state index in [9.17, 15) is 8.42 Å². The van der Waals surface area contributed by atoms with Gasteiger partial charge >= 0.3 is 0 Å². The van der Waals surface area contributed by atoms with Gasteiger partial charge in [-0.2, -0.15) is 0 Å². The van der Waals surface area contributed by atoms with E-state index in [2.05, 4.69) is 9.71 Å². The quantitative estimate of drug-likeness (QED) is 0.883. The number of anilines is 2. The van der Waals surface area contributed by atoms with Crippen molar-refractivity contribution in [3.63, 3.8) is 0 Å². The van der Waals surface area contributed by atoms with Gasteiger partial charge in [0, 0.05) is 6.07 Å². The predicted molar refractivity (Wildman–Crippen MR) is 72.5 cm³/mol. The molecule has 7 heteroatoms. The van der Waals surface area contributed by atoms with E-state index in [1.165, 1.54) is 31.5 Å². The number of nitrogens with two attached hydrogens (primary N) is 1. The second-order valence-electron chi connectivity index (χ2n) is 3.76. The second-order valence-corrected chi connectivity index (χ2v) is 5.44. The van der Waals surface area contributed by atoms with Crippen LogP contribution in [-0.4, -0.2) is 20.5 Å². The fourth-order valence-corrected chi connectivity index (χ4v) is 2.53. The van der Waals surface area contributed by atoms with Crippen LogP contribution in [0.15, 0.2) is 47.5 Å². The molecule has 0 saturated carbocycles. The van der Waals surface area contributed by atoms with Crippen molar-refractivity contribution in [1.29, 1.82) is 0 Å². The summed E-state index contributed by atoms with van der Waals surface area (Å²) in [5, 5.41) is 0. The number of hydrogen-bond acceptors (Lipinski definition) is 5. The Morgan fingerprint density at radius 3 is 2.68 bits per heavy atom. The summed E-state index contributed by atoms with van der Waals surface area (Å²) in [5.74, 6) is 0.794. The number of aromatic nitrogens is 1. The first-order chi connectivity index (χ1) is 9.01. The first kappa shape index (κ1) is 13.2. The molecule has 100 valence electrons. The first-order valence-electron chi connectivity index (χ1n) is 5.40. The predicted octanol–water partition coefficient (Wildman–Crippen LogP) is 1.47. The average molecular weight is 279 g/mol. The molecule has 3 N–H and O–H groups in total. The van der Waals surface area contributed by atoms with Gasteiger partial charge in [-0.05, 0) is 24.3 Å². The van der Waals surface area contributed by atoms with Crippen LogP contribution in [0.3, 0.4) is 0 Å². The SMILES string of the molecule is COc1cccc(S(=O)(=O)Nc2ccc(N)nc2)c1. The molecule has 1 heterocycles. The lowest BCUT2D eigenvalue weighted by atomic mass is 10.3. The summed E-state index contributed by atoms with van der Waals surface area (Å²) in [4.78, 5) is 3.93. The van der Waals surface area contributed by atoms with Crippen molar-refractivity contribution in [2.45, 2.75) is 4.90 Å². The number of rotatable bonds is 4. The van der Waals surface area contributed by atoms with Crippen LogP contribution in [0.4, 0.5) is 11.5 Å². The Balaban J connectivity index is 2.29. The molecule has 0 fully saturated rings. The summed E-state index contributed by atoms with van der Waals surface area (Å²) in [6.45, 7) is 0. The summed E-state index contributed by atoms with van der Waals surface area (Å²) in [7, 11) is -2.19. The van der Waals surface area contributed by atoms with Gasteiger partial charge in [0.25, 0.3) is 10.0 Å². The highest BCUT2D eigenvalue weighted by molar-refractivity contribution is 7.92. The van der Waals surface area contributed by atoms with Crippen LogP contribution in [0.2, 0.25) is 0 Å². The van der Waals surface area contributed by atoms with Gasteiger partial charge in [0.15, 0.2) is 0 Å². The molecular weight excluding hydrogens is 266 g/mol. The number of nitrogen functional groups attached to an aromatic ring is 1. The van der Waals surface area contributed by atoms with E-state index in [0.717, 1.165) is 0 Å². The molecule has 2 rings (SSSR count). The molecule has 0 aliphatic heterocycles. The molecular formula is C12H13N3O3S. The van der Waals surface area contributed by atoms with Gasteiger partial charge in [0.2, 0.25) is 0 Å². The normalized spacial score (nSPS) is 11.0. The van der Waals surface area contributed by atoms with Crippen LogP contribution in [0.1, 0.15) is 0 Å². The monoisotopic (exact) mass is 279 g/mol. The Hall–Kier alpha value is -2.28. The molecule has 0 unspecified atom stereocenters. The topological polar surface area (TPSA) is 94.3 Å². The molecule has 0 amide bonds. The summed E-state index contributed by atoms with van der Waals surface area (Å²) in [5.41, 5.74) is 5.78. The van der Waals surface area contributed by atoms with Gasteiger partial charge in [-0.1, -0.05) is 6.07 Å². The highest BCUT2D eigenvalue weighted by atomic mass is 32.2. The minimum atomic E-state index is -3.67. The highest BCUT2D eigenvalue weighted by Gasteiger charge is 2.14. The number of nitrogens with one attached hydrogen (secondary N) is 1. The molecule has 0 aliphatic rings. The van der Waals surface area contributed by atoms with Crippen molar-refractivity contribution >= 4 is 21.5 Å². The third kappa shape index (κ3) is 3.14. The standard InChI is InChI=1S/C12H13N3O3S/c1-18-10-3-2-4-11(7-10)19(16,17)15-9-5-6-12(13)14-8-9/h2-8,15H,1H3,(H2,13,14). The number of benzene rings is 1. The van der Waals surface area contributed by atoms with Crippen molar-refractivity contribution in [3.05, 3.63) is 42.6 Å². The van der Waals surface area contributed by atoms with E-state index in [0.29, 0.717) is 17.3 Å². The van der Waals surface area contributed by atoms with Gasteiger partial charge in [-0.15, -0.1) is 0 Å². The third-order valence-electron chi connectivity index (χ3n) is 2.39. The Bertz CT molecular complexity index is 669. The molecule has 2 aromatic rings. The maximum absolute atomic E-state index is 12.1. The second kappa shape index (κ2) is 5.15. The van der Waals surface area contributed by atoms with Crippen molar-refractivity contribution < 1.29 is 13.2 Å². The maximum atomic E-state index is 12.1. The van der Waals surface area contributed by atoms with E-state index in [4.69, 9.17) is 10.5 Å². The van der Waals surface area contributed by atoms with Gasteiger partial charge in [-0.3, -0.25) is 4.72 Å². The summed E-state index contributed by atoms with van der Waals surface area (Å²) in [6, 6.07) is 9.25. The number of pyridine rings is 1. The molecule has 6 nitrogen and oxygen atoms in total. The van der Waals surface area contributed by atoms with E-state index in [1.54, 1.807) is 18.2 Å². The van der Waals surface area contributed by atoms with Crippen LogP contribution in [-0.2, 0) is 10.0 Å². The molecule has 0 radical (unpaired) electrons. The van der Waals surface area contributed by atoms with Crippen LogP contribution in [0.25, 0.3) is 0 Å². The Kier molecular flexibility index (Phi) is 3.57. The lowest BCUT2D eigenvalue weighted by Gasteiger charge is -2.08. The van der Waals surface area contributed by atoms with Crippen molar-refractivity contribution in [3.8, 4) is 5.75 Å². The molecule has 0 atom stereocenters. The number of sulfonamides is 1. The van der Waals surface area contributed by atoms with Gasteiger partial charge in [0.1, 0.15) is 11.6 Å². The van der Waals surface area contributed by atoms with Gasteiger partial charge in [0.05, 0.1) is 23.9 Å². The molecule has 19 heavy (non-hydrogen) atoms. The van der Waals surface area contributed by atoms with E-state index < -0.39 is 10.0 Å². The van der Waals surface area contributed by atoms with Crippen LogP contribution < -0.4 is 15.2 Å². The maximum Gasteiger partial charge on any atom is 0.262 e. The van der Waals surface area contributed by atoms with Crippen LogP contribution in [0.5, 0.6) is 5.75 Å². The minimum Gasteiger partial charge on any atom is -0.497 e. The molecule has 1 aromatic carbocycles. The Morgan fingerprint density at radius 2 is 2.05 bits per heavy atom. The van der Waals surface area contributed by atoms with Crippen molar-refractivity contribution in [2.24, 2.45) is 0 Å². The minimum absolute atomic E-state index is 0.115. The summed E-state index contributed by atoms with van der Waals surface area (Å²) in [6.07, 6.45) is 1.35. The average Bonchev–Trinajstić information content (AvgIpc) is 2.41. The van der Waals surface area contributed by atoms with Crippen molar-refractivity contribution in [2.75, 3.05) is 17.6 Å². The number of nitrogens with zero attached hydrogens (tertiary/aromatic N) is 1. The van der Waals surface area contributed by atoms with E-state index in [-0.39, 0.29) is 4.90 Å². The molecule has 0 bridgehead atoms.